The summed E-state index contributed by atoms with van der Waals surface area (Å²) < 4.78 is 0. The molecule has 2 atom stereocenters. The van der Waals surface area contributed by atoms with Crippen molar-refractivity contribution in [1.29, 1.82) is 0 Å². The average molecular weight is 228 g/mol. The van der Waals surface area contributed by atoms with Gasteiger partial charge in [0.15, 0.2) is 0 Å². The van der Waals surface area contributed by atoms with Crippen LogP contribution in [0.4, 0.5) is 0 Å². The van der Waals surface area contributed by atoms with Gasteiger partial charge in [-0.25, -0.2) is 0 Å². The molecule has 0 bridgehead atoms. The number of piperazine rings is 1. The molecule has 5 heteroatoms. The number of primary amides is 1. The first-order valence-electron chi connectivity index (χ1n) is 5.80. The van der Waals surface area contributed by atoms with Crippen molar-refractivity contribution in [1.82, 2.24) is 15.1 Å². The average Bonchev–Trinajstić information content (AvgIpc) is 2.22. The van der Waals surface area contributed by atoms with E-state index in [9.17, 15) is 4.79 Å². The molecule has 5 nitrogen and oxygen atoms in total. The van der Waals surface area contributed by atoms with Crippen LogP contribution in [0, 0.1) is 0 Å². The molecule has 2 unspecified atom stereocenters. The Kier molecular flexibility index (Phi) is 4.29. The van der Waals surface area contributed by atoms with Crippen LogP contribution in [0.25, 0.3) is 0 Å². The van der Waals surface area contributed by atoms with Gasteiger partial charge in [0.1, 0.15) is 5.54 Å². The van der Waals surface area contributed by atoms with Gasteiger partial charge in [0.2, 0.25) is 5.91 Å². The van der Waals surface area contributed by atoms with E-state index in [1.54, 1.807) is 7.05 Å². The lowest BCUT2D eigenvalue weighted by molar-refractivity contribution is -0.124. The molecule has 1 rings (SSSR count). The molecule has 16 heavy (non-hydrogen) atoms. The van der Waals surface area contributed by atoms with Gasteiger partial charge in [0.05, 0.1) is 0 Å². The highest BCUT2D eigenvalue weighted by Crippen LogP contribution is 2.13. The zero-order chi connectivity index (χ0) is 12.3. The van der Waals surface area contributed by atoms with Gasteiger partial charge in [-0.3, -0.25) is 9.69 Å². The van der Waals surface area contributed by atoms with E-state index in [1.807, 2.05) is 6.92 Å². The minimum Gasteiger partial charge on any atom is -0.368 e. The fraction of sp³-hybridized carbons (Fsp3) is 0.909. The molecule has 1 aliphatic heterocycles. The van der Waals surface area contributed by atoms with Crippen molar-refractivity contribution in [3.8, 4) is 0 Å². The molecular formula is C11H24N4O. The Hall–Kier alpha value is -0.650. The molecule has 1 saturated heterocycles. The lowest BCUT2D eigenvalue weighted by atomic mass is 9.99. The fourth-order valence-electron chi connectivity index (χ4n) is 2.10. The summed E-state index contributed by atoms with van der Waals surface area (Å²) in [6, 6.07) is 0.464. The van der Waals surface area contributed by atoms with Gasteiger partial charge < -0.3 is 16.0 Å². The van der Waals surface area contributed by atoms with Crippen LogP contribution in [-0.4, -0.2) is 67.6 Å². The van der Waals surface area contributed by atoms with Crippen molar-refractivity contribution in [3.63, 3.8) is 0 Å². The van der Waals surface area contributed by atoms with E-state index in [0.29, 0.717) is 12.6 Å². The van der Waals surface area contributed by atoms with Crippen molar-refractivity contribution in [3.05, 3.63) is 0 Å². The van der Waals surface area contributed by atoms with Crippen LogP contribution in [0.1, 0.15) is 13.8 Å². The number of nitrogens with two attached hydrogens (primary N) is 1. The maximum Gasteiger partial charge on any atom is 0.238 e. The van der Waals surface area contributed by atoms with E-state index in [4.69, 9.17) is 5.73 Å². The van der Waals surface area contributed by atoms with E-state index >= 15 is 0 Å². The lowest BCUT2D eigenvalue weighted by Crippen LogP contribution is -2.62. The summed E-state index contributed by atoms with van der Waals surface area (Å²) in [4.78, 5) is 16.0. The molecule has 94 valence electrons. The predicted octanol–water partition coefficient (Wildman–Crippen LogP) is -0.914. The monoisotopic (exact) mass is 228 g/mol. The number of amides is 1. The summed E-state index contributed by atoms with van der Waals surface area (Å²) >= 11 is 0. The van der Waals surface area contributed by atoms with Gasteiger partial charge in [-0.2, -0.15) is 0 Å². The zero-order valence-electron chi connectivity index (χ0n) is 10.8. The summed E-state index contributed by atoms with van der Waals surface area (Å²) in [7, 11) is 3.91. The van der Waals surface area contributed by atoms with Gasteiger partial charge in [0, 0.05) is 32.2 Å². The third-order valence-corrected chi connectivity index (χ3v) is 3.58. The Bertz CT molecular complexity index is 258. The molecule has 0 aromatic carbocycles. The van der Waals surface area contributed by atoms with Gasteiger partial charge >= 0.3 is 0 Å². The van der Waals surface area contributed by atoms with Crippen molar-refractivity contribution in [2.24, 2.45) is 5.73 Å². The van der Waals surface area contributed by atoms with Crippen LogP contribution in [0.2, 0.25) is 0 Å². The predicted molar refractivity (Wildman–Crippen MR) is 65.2 cm³/mol. The number of nitrogens with one attached hydrogen (secondary N) is 1. The van der Waals surface area contributed by atoms with Gasteiger partial charge in [0.25, 0.3) is 0 Å². The van der Waals surface area contributed by atoms with E-state index in [2.05, 4.69) is 29.1 Å². The first-order valence-corrected chi connectivity index (χ1v) is 5.80. The molecule has 0 radical (unpaired) electrons. The van der Waals surface area contributed by atoms with Crippen molar-refractivity contribution in [2.45, 2.75) is 25.4 Å². The molecule has 0 aromatic rings. The van der Waals surface area contributed by atoms with Crippen molar-refractivity contribution < 1.29 is 4.79 Å². The van der Waals surface area contributed by atoms with Crippen LogP contribution in [0.3, 0.4) is 0 Å². The van der Waals surface area contributed by atoms with Crippen LogP contribution in [0.5, 0.6) is 0 Å². The maximum atomic E-state index is 11.4. The number of rotatable bonds is 4. The normalized spacial score (nSPS) is 27.6. The standard InChI is InChI=1S/C11H24N4O/c1-9-7-14(4)5-6-15(9)8-11(2,13-3)10(12)16/h9,13H,5-8H2,1-4H3,(H2,12,16). The molecule has 0 aromatic heterocycles. The minimum absolute atomic E-state index is 0.291. The summed E-state index contributed by atoms with van der Waals surface area (Å²) in [6.45, 7) is 7.80. The first kappa shape index (κ1) is 13.4. The summed E-state index contributed by atoms with van der Waals surface area (Å²) in [5.74, 6) is -0.291. The Morgan fingerprint density at radius 2 is 2.19 bits per heavy atom. The highest BCUT2D eigenvalue weighted by molar-refractivity contribution is 5.84. The number of hydrogen-bond donors (Lipinski definition) is 2. The number of hydrogen-bond acceptors (Lipinski definition) is 4. The Balaban J connectivity index is 2.62. The highest BCUT2D eigenvalue weighted by atomic mass is 16.1. The molecule has 1 aliphatic rings. The van der Waals surface area contributed by atoms with Gasteiger partial charge in [-0.05, 0) is 27.9 Å². The van der Waals surface area contributed by atoms with Gasteiger partial charge in [-0.15, -0.1) is 0 Å². The Morgan fingerprint density at radius 1 is 1.56 bits per heavy atom. The quantitative estimate of drug-likeness (QED) is 0.654. The molecule has 3 N–H and O–H groups in total. The summed E-state index contributed by atoms with van der Waals surface area (Å²) in [5.41, 5.74) is 4.80. The third-order valence-electron chi connectivity index (χ3n) is 3.58. The molecule has 1 amide bonds. The summed E-state index contributed by atoms with van der Waals surface area (Å²) in [6.07, 6.45) is 0. The highest BCUT2D eigenvalue weighted by Gasteiger charge is 2.34. The number of carbonyl (C=O) groups is 1. The minimum atomic E-state index is -0.635. The number of carbonyl (C=O) groups excluding carboxylic acids is 1. The van der Waals surface area contributed by atoms with E-state index < -0.39 is 5.54 Å². The second-order valence-electron chi connectivity index (χ2n) is 5.03. The smallest absolute Gasteiger partial charge is 0.238 e. The number of likely N-dealkylation sites (N-methyl/N-ethyl adjacent to an activating group) is 2. The van der Waals surface area contributed by atoms with Crippen molar-refractivity contribution in [2.75, 3.05) is 40.3 Å². The topological polar surface area (TPSA) is 61.6 Å². The Morgan fingerprint density at radius 3 is 2.62 bits per heavy atom. The zero-order valence-corrected chi connectivity index (χ0v) is 10.8. The SMILES string of the molecule is CNC(C)(CN1CCN(C)CC1C)C(N)=O. The maximum absolute atomic E-state index is 11.4. The summed E-state index contributed by atoms with van der Waals surface area (Å²) in [5, 5.41) is 3.03. The van der Waals surface area contributed by atoms with Gasteiger partial charge in [-0.1, -0.05) is 0 Å². The van der Waals surface area contributed by atoms with E-state index in [1.165, 1.54) is 0 Å². The van der Waals surface area contributed by atoms with Crippen LogP contribution >= 0.6 is 0 Å². The van der Waals surface area contributed by atoms with Crippen LogP contribution in [0.15, 0.2) is 0 Å². The van der Waals surface area contributed by atoms with Crippen molar-refractivity contribution >= 4 is 5.91 Å². The molecule has 0 saturated carbocycles. The van der Waals surface area contributed by atoms with Crippen LogP contribution in [-0.2, 0) is 4.79 Å². The first-order chi connectivity index (χ1) is 7.39. The number of nitrogens with zero attached hydrogens (tertiary/aromatic N) is 2. The Labute approximate surface area is 98.0 Å². The van der Waals surface area contributed by atoms with Crippen LogP contribution < -0.4 is 11.1 Å². The second kappa shape index (κ2) is 5.12. The molecule has 1 heterocycles. The molecule has 0 spiro atoms. The fourth-order valence-corrected chi connectivity index (χ4v) is 2.10. The van der Waals surface area contributed by atoms with E-state index in [0.717, 1.165) is 19.6 Å². The second-order valence-corrected chi connectivity index (χ2v) is 5.03. The van der Waals surface area contributed by atoms with E-state index in [-0.39, 0.29) is 5.91 Å². The largest absolute Gasteiger partial charge is 0.368 e. The molecule has 0 aliphatic carbocycles. The third kappa shape index (κ3) is 2.93. The molecule has 1 fully saturated rings. The lowest BCUT2D eigenvalue weighted by Gasteiger charge is -2.42. The molecular weight excluding hydrogens is 204 g/mol.